The first-order valence-corrected chi connectivity index (χ1v) is 3.82. The molecule has 0 nitrogen and oxygen atoms in total. The molecule has 54 valence electrons. The minimum absolute atomic E-state index is 0.590. The van der Waals surface area contributed by atoms with Crippen LogP contribution in [-0.2, 0) is 0 Å². The summed E-state index contributed by atoms with van der Waals surface area (Å²) in [5.41, 5.74) is 0. The van der Waals surface area contributed by atoms with E-state index < -0.39 is 0 Å². The monoisotopic (exact) mass is 134 g/mol. The minimum atomic E-state index is 0.590. The smallest absolute Gasteiger partial charge is 0.00786 e. The van der Waals surface area contributed by atoms with Crippen molar-refractivity contribution < 1.29 is 0 Å². The average Bonchev–Trinajstić information content (AvgIpc) is 1.90. The normalized spacial score (nSPS) is 41.4. The van der Waals surface area contributed by atoms with Gasteiger partial charge in [0, 0.05) is 0 Å². The van der Waals surface area contributed by atoms with Crippen molar-refractivity contribution in [1.82, 2.24) is 0 Å². The van der Waals surface area contributed by atoms with E-state index in [1.54, 1.807) is 0 Å². The molecule has 2 atom stereocenters. The zero-order chi connectivity index (χ0) is 7.40. The third kappa shape index (κ3) is 2.22. The number of rotatable bonds is 0. The Morgan fingerprint density at radius 1 is 0.700 bits per heavy atom. The van der Waals surface area contributed by atoms with Gasteiger partial charge in [-0.3, -0.25) is 0 Å². The maximum Gasteiger partial charge on any atom is -0.00786 e. The Hall–Kier alpha value is -0.780. The van der Waals surface area contributed by atoms with Gasteiger partial charge >= 0.3 is 0 Å². The Bertz CT molecular complexity index is 152. The third-order valence-corrected chi connectivity index (χ3v) is 1.66. The zero-order valence-electron chi connectivity index (χ0n) is 6.62. The summed E-state index contributed by atoms with van der Waals surface area (Å²) in [5, 5.41) is 0. The Labute approximate surface area is 62.9 Å². The van der Waals surface area contributed by atoms with Crippen LogP contribution in [0.3, 0.4) is 0 Å². The lowest BCUT2D eigenvalue weighted by atomic mass is 10.0. The summed E-state index contributed by atoms with van der Waals surface area (Å²) in [4.78, 5) is 0. The van der Waals surface area contributed by atoms with Gasteiger partial charge in [-0.15, -0.1) is 0 Å². The fourth-order valence-corrected chi connectivity index (χ4v) is 0.958. The maximum atomic E-state index is 2.24. The van der Waals surface area contributed by atoms with E-state index in [1.807, 2.05) is 0 Å². The van der Waals surface area contributed by atoms with E-state index >= 15 is 0 Å². The van der Waals surface area contributed by atoms with Crippen molar-refractivity contribution >= 4 is 0 Å². The van der Waals surface area contributed by atoms with Crippen LogP contribution in [0.5, 0.6) is 0 Å². The van der Waals surface area contributed by atoms with E-state index in [4.69, 9.17) is 0 Å². The van der Waals surface area contributed by atoms with Gasteiger partial charge in [0.2, 0.25) is 0 Å². The average molecular weight is 134 g/mol. The van der Waals surface area contributed by atoms with Crippen molar-refractivity contribution in [1.29, 1.82) is 0 Å². The molecule has 0 aliphatic heterocycles. The molecule has 0 bridgehead atoms. The van der Waals surface area contributed by atoms with E-state index in [0.29, 0.717) is 11.8 Å². The predicted molar refractivity (Wildman–Crippen MR) is 45.7 cm³/mol. The Kier molecular flexibility index (Phi) is 2.49. The summed E-state index contributed by atoms with van der Waals surface area (Å²) < 4.78 is 0. The second-order valence-electron chi connectivity index (χ2n) is 2.87. The van der Waals surface area contributed by atoms with Gasteiger partial charge in [-0.1, -0.05) is 50.3 Å². The van der Waals surface area contributed by atoms with E-state index in [-0.39, 0.29) is 0 Å². The largest absolute Gasteiger partial charge is 0.0813 e. The topological polar surface area (TPSA) is 0 Å². The first-order valence-electron chi connectivity index (χ1n) is 3.82. The Morgan fingerprint density at radius 3 is 1.50 bits per heavy atom. The van der Waals surface area contributed by atoms with Crippen molar-refractivity contribution in [2.75, 3.05) is 0 Å². The third-order valence-electron chi connectivity index (χ3n) is 1.66. The fourth-order valence-electron chi connectivity index (χ4n) is 0.958. The summed E-state index contributed by atoms with van der Waals surface area (Å²) in [6, 6.07) is 0. The van der Waals surface area contributed by atoms with Gasteiger partial charge < -0.3 is 0 Å². The highest BCUT2D eigenvalue weighted by Gasteiger charge is 1.93. The molecule has 0 aromatic rings. The van der Waals surface area contributed by atoms with Crippen molar-refractivity contribution in [3.63, 3.8) is 0 Å². The van der Waals surface area contributed by atoms with Crippen LogP contribution < -0.4 is 0 Å². The fraction of sp³-hybridized carbons (Fsp3) is 0.400. The highest BCUT2D eigenvalue weighted by molar-refractivity contribution is 5.14. The van der Waals surface area contributed by atoms with Crippen LogP contribution >= 0.6 is 0 Å². The summed E-state index contributed by atoms with van der Waals surface area (Å²) in [6.07, 6.45) is 13.1. The standard InChI is InChI=1S/C10H14/c1-9-5-3-4-6-10(2)8-7-9/h3-10H,1-2H3/b5-3-,6-4-,8-7-. The molecule has 1 aliphatic rings. The molecule has 0 aromatic heterocycles. The molecule has 10 heavy (non-hydrogen) atoms. The lowest BCUT2D eigenvalue weighted by Gasteiger charge is -2.02. The summed E-state index contributed by atoms with van der Waals surface area (Å²) in [6.45, 7) is 4.39. The summed E-state index contributed by atoms with van der Waals surface area (Å²) in [5.74, 6) is 1.18. The lowest BCUT2D eigenvalue weighted by molar-refractivity contribution is 0.874. The van der Waals surface area contributed by atoms with E-state index in [1.165, 1.54) is 0 Å². The Morgan fingerprint density at radius 2 is 1.10 bits per heavy atom. The van der Waals surface area contributed by atoms with Gasteiger partial charge in [-0.2, -0.15) is 0 Å². The van der Waals surface area contributed by atoms with E-state index in [0.717, 1.165) is 0 Å². The number of allylic oxidation sites excluding steroid dienone is 6. The van der Waals surface area contributed by atoms with Crippen LogP contribution in [0.1, 0.15) is 13.8 Å². The highest BCUT2D eigenvalue weighted by Crippen LogP contribution is 2.08. The molecule has 0 radical (unpaired) electrons. The molecule has 1 aliphatic carbocycles. The van der Waals surface area contributed by atoms with Crippen LogP contribution in [0.4, 0.5) is 0 Å². The lowest BCUT2D eigenvalue weighted by Crippen LogP contribution is -1.88. The minimum Gasteiger partial charge on any atom is -0.0813 e. The van der Waals surface area contributed by atoms with Gasteiger partial charge in [-0.25, -0.2) is 0 Å². The molecular formula is C10H14. The molecule has 0 saturated heterocycles. The van der Waals surface area contributed by atoms with Crippen LogP contribution in [0.2, 0.25) is 0 Å². The molecule has 0 amide bonds. The zero-order valence-corrected chi connectivity index (χ0v) is 6.62. The number of hydrogen-bond acceptors (Lipinski definition) is 0. The Balaban J connectivity index is 2.70. The molecule has 0 spiro atoms. The van der Waals surface area contributed by atoms with Crippen LogP contribution in [-0.4, -0.2) is 0 Å². The van der Waals surface area contributed by atoms with E-state index in [2.05, 4.69) is 50.3 Å². The van der Waals surface area contributed by atoms with Crippen LogP contribution in [0, 0.1) is 11.8 Å². The molecule has 0 N–H and O–H groups in total. The van der Waals surface area contributed by atoms with Crippen LogP contribution in [0.15, 0.2) is 36.5 Å². The first kappa shape index (κ1) is 7.33. The molecule has 0 heteroatoms. The van der Waals surface area contributed by atoms with Gasteiger partial charge in [-0.05, 0) is 11.8 Å². The quantitative estimate of drug-likeness (QED) is 0.447. The maximum absolute atomic E-state index is 2.24. The second kappa shape index (κ2) is 3.40. The number of hydrogen-bond donors (Lipinski definition) is 0. The molecular weight excluding hydrogens is 120 g/mol. The van der Waals surface area contributed by atoms with Gasteiger partial charge in [0.1, 0.15) is 0 Å². The van der Waals surface area contributed by atoms with Gasteiger partial charge in [0.15, 0.2) is 0 Å². The van der Waals surface area contributed by atoms with Crippen molar-refractivity contribution in [2.24, 2.45) is 11.8 Å². The molecule has 1 rings (SSSR count). The van der Waals surface area contributed by atoms with Gasteiger partial charge in [0.25, 0.3) is 0 Å². The SMILES string of the molecule is CC1/C=C\C=C/C(C)/C=C\1. The van der Waals surface area contributed by atoms with Crippen LogP contribution in [0.25, 0.3) is 0 Å². The highest BCUT2D eigenvalue weighted by atomic mass is 14.0. The van der Waals surface area contributed by atoms with E-state index in [9.17, 15) is 0 Å². The second-order valence-corrected chi connectivity index (χ2v) is 2.87. The van der Waals surface area contributed by atoms with Crippen molar-refractivity contribution in [3.8, 4) is 0 Å². The predicted octanol–water partition coefficient (Wildman–Crippen LogP) is 2.94. The van der Waals surface area contributed by atoms with Gasteiger partial charge in [0.05, 0.1) is 0 Å². The molecule has 0 fully saturated rings. The summed E-state index contributed by atoms with van der Waals surface area (Å²) >= 11 is 0. The molecule has 0 aromatic carbocycles. The summed E-state index contributed by atoms with van der Waals surface area (Å²) in [7, 11) is 0. The van der Waals surface area contributed by atoms with Crippen molar-refractivity contribution in [2.45, 2.75) is 13.8 Å². The molecule has 0 saturated carbocycles. The first-order chi connectivity index (χ1) is 4.79. The molecule has 2 unspecified atom stereocenters. The molecule has 0 heterocycles. The van der Waals surface area contributed by atoms with Crippen molar-refractivity contribution in [3.05, 3.63) is 36.5 Å².